The van der Waals surface area contributed by atoms with E-state index in [4.69, 9.17) is 0 Å². The van der Waals surface area contributed by atoms with E-state index >= 15 is 0 Å². The molecule has 20 heavy (non-hydrogen) atoms. The van der Waals surface area contributed by atoms with E-state index in [-0.39, 0.29) is 5.82 Å². The van der Waals surface area contributed by atoms with Crippen LogP contribution in [0.1, 0.15) is 31.9 Å². The Labute approximate surface area is 120 Å². The number of hydrogen-bond donors (Lipinski definition) is 1. The van der Waals surface area contributed by atoms with Crippen LogP contribution < -0.4 is 5.32 Å². The van der Waals surface area contributed by atoms with Gasteiger partial charge in [0.1, 0.15) is 5.82 Å². The van der Waals surface area contributed by atoms with Gasteiger partial charge in [0, 0.05) is 18.2 Å². The minimum absolute atomic E-state index is 0.146. The fourth-order valence-electron chi connectivity index (χ4n) is 2.14. The molecular formula is C18H22FN. The zero-order chi connectivity index (χ0) is 14.5. The number of aryl methyl sites for hydroxylation is 1. The summed E-state index contributed by atoms with van der Waals surface area (Å²) in [6.45, 7) is 6.82. The SMILES string of the molecule is CCc1ccc(-c2ccc(F)c(CNC(C)C)c2)cc1. The lowest BCUT2D eigenvalue weighted by atomic mass is 10.0. The smallest absolute Gasteiger partial charge is 0.127 e. The highest BCUT2D eigenvalue weighted by Crippen LogP contribution is 2.23. The van der Waals surface area contributed by atoms with Crippen LogP contribution in [-0.2, 0) is 13.0 Å². The molecule has 106 valence electrons. The summed E-state index contributed by atoms with van der Waals surface area (Å²) in [6, 6.07) is 14.1. The zero-order valence-electron chi connectivity index (χ0n) is 12.4. The standard InChI is InChI=1S/C18H22FN/c1-4-14-5-7-15(8-6-14)16-9-10-18(19)17(11-16)12-20-13(2)3/h5-11,13,20H,4,12H2,1-3H3. The maximum absolute atomic E-state index is 13.8. The number of rotatable bonds is 5. The van der Waals surface area contributed by atoms with Crippen LogP contribution in [0.5, 0.6) is 0 Å². The molecule has 1 N–H and O–H groups in total. The topological polar surface area (TPSA) is 12.0 Å². The van der Waals surface area contributed by atoms with Crippen molar-refractivity contribution in [3.63, 3.8) is 0 Å². The molecule has 2 aromatic carbocycles. The minimum Gasteiger partial charge on any atom is -0.310 e. The maximum Gasteiger partial charge on any atom is 0.127 e. The van der Waals surface area contributed by atoms with Gasteiger partial charge < -0.3 is 5.32 Å². The van der Waals surface area contributed by atoms with Crippen molar-refractivity contribution < 1.29 is 4.39 Å². The Bertz CT molecular complexity index is 558. The molecule has 2 aromatic rings. The third-order valence-corrected chi connectivity index (χ3v) is 3.44. The zero-order valence-corrected chi connectivity index (χ0v) is 12.4. The highest BCUT2D eigenvalue weighted by Gasteiger charge is 2.06. The van der Waals surface area contributed by atoms with E-state index in [0.717, 1.165) is 23.1 Å². The Morgan fingerprint density at radius 3 is 2.25 bits per heavy atom. The van der Waals surface area contributed by atoms with E-state index < -0.39 is 0 Å². The van der Waals surface area contributed by atoms with Gasteiger partial charge in [0.2, 0.25) is 0 Å². The van der Waals surface area contributed by atoms with Crippen molar-refractivity contribution in [3.8, 4) is 11.1 Å². The Morgan fingerprint density at radius 1 is 1.00 bits per heavy atom. The Hall–Kier alpha value is -1.67. The van der Waals surface area contributed by atoms with E-state index in [0.29, 0.717) is 12.6 Å². The second kappa shape index (κ2) is 6.67. The van der Waals surface area contributed by atoms with Crippen molar-refractivity contribution in [1.82, 2.24) is 5.32 Å². The molecule has 1 nitrogen and oxygen atoms in total. The molecule has 0 saturated heterocycles. The first-order chi connectivity index (χ1) is 9.60. The first kappa shape index (κ1) is 14.7. The largest absolute Gasteiger partial charge is 0.310 e. The summed E-state index contributed by atoms with van der Waals surface area (Å²) in [4.78, 5) is 0. The number of benzene rings is 2. The predicted molar refractivity (Wildman–Crippen MR) is 83.2 cm³/mol. The molecule has 2 rings (SSSR count). The van der Waals surface area contributed by atoms with E-state index in [9.17, 15) is 4.39 Å². The van der Waals surface area contributed by atoms with Crippen LogP contribution in [0.4, 0.5) is 4.39 Å². The van der Waals surface area contributed by atoms with Gasteiger partial charge in [0.15, 0.2) is 0 Å². The third-order valence-electron chi connectivity index (χ3n) is 3.44. The van der Waals surface area contributed by atoms with Crippen molar-refractivity contribution in [2.24, 2.45) is 0 Å². The first-order valence-electron chi connectivity index (χ1n) is 7.21. The van der Waals surface area contributed by atoms with Crippen LogP contribution in [0, 0.1) is 5.82 Å². The molecule has 0 aliphatic carbocycles. The minimum atomic E-state index is -0.146. The normalized spacial score (nSPS) is 11.1. The van der Waals surface area contributed by atoms with Crippen molar-refractivity contribution in [3.05, 3.63) is 59.4 Å². The maximum atomic E-state index is 13.8. The molecule has 0 atom stereocenters. The lowest BCUT2D eigenvalue weighted by Gasteiger charge is -2.11. The Morgan fingerprint density at radius 2 is 1.65 bits per heavy atom. The van der Waals surface area contributed by atoms with Gasteiger partial charge >= 0.3 is 0 Å². The average Bonchev–Trinajstić information content (AvgIpc) is 2.46. The van der Waals surface area contributed by atoms with Crippen molar-refractivity contribution in [2.75, 3.05) is 0 Å². The second-order valence-electron chi connectivity index (χ2n) is 5.39. The highest BCUT2D eigenvalue weighted by atomic mass is 19.1. The first-order valence-corrected chi connectivity index (χ1v) is 7.21. The van der Waals surface area contributed by atoms with Crippen LogP contribution in [0.15, 0.2) is 42.5 Å². The number of nitrogens with one attached hydrogen (secondary N) is 1. The van der Waals surface area contributed by atoms with E-state index in [1.54, 1.807) is 6.07 Å². The average molecular weight is 271 g/mol. The molecular weight excluding hydrogens is 249 g/mol. The third kappa shape index (κ3) is 3.67. The molecule has 0 spiro atoms. The second-order valence-corrected chi connectivity index (χ2v) is 5.39. The number of halogens is 1. The van der Waals surface area contributed by atoms with Crippen LogP contribution in [-0.4, -0.2) is 6.04 Å². The van der Waals surface area contributed by atoms with Crippen LogP contribution in [0.3, 0.4) is 0 Å². The number of hydrogen-bond acceptors (Lipinski definition) is 1. The molecule has 0 radical (unpaired) electrons. The summed E-state index contributed by atoms with van der Waals surface area (Å²) in [6.07, 6.45) is 1.03. The van der Waals surface area contributed by atoms with Gasteiger partial charge in [-0.1, -0.05) is 51.1 Å². The quantitative estimate of drug-likeness (QED) is 0.841. The van der Waals surface area contributed by atoms with Gasteiger partial charge in [0.25, 0.3) is 0 Å². The monoisotopic (exact) mass is 271 g/mol. The van der Waals surface area contributed by atoms with E-state index in [2.05, 4.69) is 50.4 Å². The summed E-state index contributed by atoms with van der Waals surface area (Å²) in [5, 5.41) is 3.26. The van der Waals surface area contributed by atoms with Crippen LogP contribution >= 0.6 is 0 Å². The fraction of sp³-hybridized carbons (Fsp3) is 0.333. The predicted octanol–water partition coefficient (Wildman–Crippen LogP) is 4.55. The van der Waals surface area contributed by atoms with E-state index in [1.165, 1.54) is 5.56 Å². The van der Waals surface area contributed by atoms with Crippen molar-refractivity contribution >= 4 is 0 Å². The fourth-order valence-corrected chi connectivity index (χ4v) is 2.14. The molecule has 0 fully saturated rings. The van der Waals surface area contributed by atoms with Crippen molar-refractivity contribution in [2.45, 2.75) is 39.8 Å². The lowest BCUT2D eigenvalue weighted by Crippen LogP contribution is -2.22. The van der Waals surface area contributed by atoms with Gasteiger partial charge in [-0.3, -0.25) is 0 Å². The van der Waals surface area contributed by atoms with Crippen molar-refractivity contribution in [1.29, 1.82) is 0 Å². The molecule has 0 aromatic heterocycles. The molecule has 0 heterocycles. The van der Waals surface area contributed by atoms with Gasteiger partial charge in [-0.15, -0.1) is 0 Å². The summed E-state index contributed by atoms with van der Waals surface area (Å²) >= 11 is 0. The van der Waals surface area contributed by atoms with Crippen LogP contribution in [0.25, 0.3) is 11.1 Å². The summed E-state index contributed by atoms with van der Waals surface area (Å²) in [5.41, 5.74) is 4.23. The molecule has 2 heteroatoms. The van der Waals surface area contributed by atoms with Gasteiger partial charge in [-0.05, 0) is 35.2 Å². The molecule has 0 aliphatic heterocycles. The summed E-state index contributed by atoms with van der Waals surface area (Å²) in [7, 11) is 0. The summed E-state index contributed by atoms with van der Waals surface area (Å²) < 4.78 is 13.8. The molecule has 0 amide bonds. The summed E-state index contributed by atoms with van der Waals surface area (Å²) in [5.74, 6) is -0.146. The van der Waals surface area contributed by atoms with Gasteiger partial charge in [0.05, 0.1) is 0 Å². The van der Waals surface area contributed by atoms with Gasteiger partial charge in [-0.2, -0.15) is 0 Å². The highest BCUT2D eigenvalue weighted by molar-refractivity contribution is 5.64. The Balaban J connectivity index is 2.25. The molecule has 0 unspecified atom stereocenters. The van der Waals surface area contributed by atoms with Crippen LogP contribution in [0.2, 0.25) is 0 Å². The van der Waals surface area contributed by atoms with Gasteiger partial charge in [-0.25, -0.2) is 4.39 Å². The lowest BCUT2D eigenvalue weighted by molar-refractivity contribution is 0.553. The molecule has 0 saturated carbocycles. The Kier molecular flexibility index (Phi) is 4.91. The molecule has 0 bridgehead atoms. The molecule has 0 aliphatic rings. The van der Waals surface area contributed by atoms with E-state index in [1.807, 2.05) is 12.1 Å².